The average Bonchev–Trinajstić information content (AvgIpc) is 3.14. The third-order valence-electron chi connectivity index (χ3n) is 3.58. The second-order valence-electron chi connectivity index (χ2n) is 5.35. The molecule has 0 saturated carbocycles. The highest BCUT2D eigenvalue weighted by Crippen LogP contribution is 2.09. The lowest BCUT2D eigenvalue weighted by molar-refractivity contribution is 0.0943. The zero-order chi connectivity index (χ0) is 16.6. The topological polar surface area (TPSA) is 67.2 Å². The van der Waals surface area contributed by atoms with E-state index in [-0.39, 0.29) is 5.91 Å². The van der Waals surface area contributed by atoms with Gasteiger partial charge in [-0.05, 0) is 36.2 Å². The van der Waals surface area contributed by atoms with Crippen LogP contribution in [0.15, 0.2) is 71.5 Å². The Balaban J connectivity index is 1.52. The Morgan fingerprint density at radius 1 is 1.08 bits per heavy atom. The van der Waals surface area contributed by atoms with Crippen LogP contribution in [0.2, 0.25) is 0 Å². The molecule has 0 aliphatic heterocycles. The first-order valence-electron chi connectivity index (χ1n) is 7.86. The van der Waals surface area contributed by atoms with E-state index in [0.717, 1.165) is 18.7 Å². The molecule has 3 aromatic rings. The van der Waals surface area contributed by atoms with Gasteiger partial charge < -0.3 is 15.1 Å². The van der Waals surface area contributed by atoms with Crippen LogP contribution in [0.1, 0.15) is 21.8 Å². The van der Waals surface area contributed by atoms with Gasteiger partial charge in [-0.3, -0.25) is 9.78 Å². The molecule has 0 spiro atoms. The van der Waals surface area contributed by atoms with Crippen LogP contribution in [-0.4, -0.2) is 17.4 Å². The van der Waals surface area contributed by atoms with Gasteiger partial charge in [-0.25, -0.2) is 0 Å². The predicted octanol–water partition coefficient (Wildman–Crippen LogP) is 3.26. The first kappa shape index (κ1) is 15.8. The lowest BCUT2D eigenvalue weighted by Gasteiger charge is -2.08. The van der Waals surface area contributed by atoms with E-state index in [4.69, 9.17) is 4.42 Å². The summed E-state index contributed by atoms with van der Waals surface area (Å²) in [6, 6.07) is 17.5. The molecule has 0 atom stereocenters. The van der Waals surface area contributed by atoms with Crippen molar-refractivity contribution in [1.82, 2.24) is 10.3 Å². The van der Waals surface area contributed by atoms with E-state index in [9.17, 15) is 4.79 Å². The Morgan fingerprint density at radius 3 is 2.75 bits per heavy atom. The summed E-state index contributed by atoms with van der Waals surface area (Å²) in [7, 11) is 0. The van der Waals surface area contributed by atoms with Crippen molar-refractivity contribution >= 4 is 11.6 Å². The highest BCUT2D eigenvalue weighted by Gasteiger charge is 2.08. The molecule has 0 aliphatic carbocycles. The molecule has 5 nitrogen and oxygen atoms in total. The number of pyridine rings is 1. The number of furan rings is 1. The van der Waals surface area contributed by atoms with Gasteiger partial charge >= 0.3 is 0 Å². The number of amides is 1. The molecule has 0 bridgehead atoms. The Hall–Kier alpha value is -3.08. The molecule has 5 heteroatoms. The zero-order valence-corrected chi connectivity index (χ0v) is 13.2. The lowest BCUT2D eigenvalue weighted by atomic mass is 10.1. The number of carbonyl (C=O) groups excluding carboxylic acids is 1. The molecule has 1 aromatic carbocycles. The lowest BCUT2D eigenvalue weighted by Crippen LogP contribution is -2.23. The third kappa shape index (κ3) is 4.46. The largest absolute Gasteiger partial charge is 0.467 e. The minimum Gasteiger partial charge on any atom is -0.467 e. The minimum atomic E-state index is -0.224. The number of hydrogen-bond donors (Lipinski definition) is 2. The van der Waals surface area contributed by atoms with Crippen molar-refractivity contribution < 1.29 is 9.21 Å². The van der Waals surface area contributed by atoms with E-state index in [2.05, 4.69) is 27.8 Å². The molecule has 122 valence electrons. The SMILES string of the molecule is O=C(NCc1ccco1)c1cc(NCCc2ccccc2)ccn1. The molecule has 2 N–H and O–H groups in total. The van der Waals surface area contributed by atoms with E-state index >= 15 is 0 Å². The van der Waals surface area contributed by atoms with Crippen LogP contribution in [0.3, 0.4) is 0 Å². The summed E-state index contributed by atoms with van der Waals surface area (Å²) >= 11 is 0. The van der Waals surface area contributed by atoms with E-state index in [1.165, 1.54) is 5.56 Å². The van der Waals surface area contributed by atoms with Gasteiger partial charge in [-0.2, -0.15) is 0 Å². The van der Waals surface area contributed by atoms with Gasteiger partial charge in [0.05, 0.1) is 12.8 Å². The Bertz CT molecular complexity index is 770. The molecule has 0 fully saturated rings. The molecule has 0 saturated heterocycles. The van der Waals surface area contributed by atoms with Crippen LogP contribution in [-0.2, 0) is 13.0 Å². The Kier molecular flexibility index (Phi) is 5.24. The third-order valence-corrected chi connectivity index (χ3v) is 3.58. The minimum absolute atomic E-state index is 0.224. The summed E-state index contributed by atoms with van der Waals surface area (Å²) in [6.45, 7) is 1.14. The van der Waals surface area contributed by atoms with Gasteiger partial charge in [0, 0.05) is 18.4 Å². The van der Waals surface area contributed by atoms with Crippen molar-refractivity contribution in [2.45, 2.75) is 13.0 Å². The second-order valence-corrected chi connectivity index (χ2v) is 5.35. The number of nitrogens with zero attached hydrogens (tertiary/aromatic N) is 1. The number of anilines is 1. The number of carbonyl (C=O) groups is 1. The highest BCUT2D eigenvalue weighted by atomic mass is 16.3. The van der Waals surface area contributed by atoms with Crippen LogP contribution in [0.5, 0.6) is 0 Å². The molecule has 0 aliphatic rings. The standard InChI is InChI=1S/C19H19N3O2/c23-19(22-14-17-7-4-12-24-17)18-13-16(9-11-21-18)20-10-8-15-5-2-1-3-6-15/h1-7,9,11-13H,8,10,14H2,(H,20,21)(H,22,23). The quantitative estimate of drug-likeness (QED) is 0.701. The van der Waals surface area contributed by atoms with Crippen molar-refractivity contribution in [3.63, 3.8) is 0 Å². The van der Waals surface area contributed by atoms with E-state index in [1.54, 1.807) is 24.6 Å². The van der Waals surface area contributed by atoms with Gasteiger partial charge in [0.1, 0.15) is 11.5 Å². The number of hydrogen-bond acceptors (Lipinski definition) is 4. The van der Waals surface area contributed by atoms with Crippen LogP contribution < -0.4 is 10.6 Å². The predicted molar refractivity (Wildman–Crippen MR) is 92.8 cm³/mol. The summed E-state index contributed by atoms with van der Waals surface area (Å²) in [5.74, 6) is 0.485. The number of nitrogens with one attached hydrogen (secondary N) is 2. The van der Waals surface area contributed by atoms with Crippen molar-refractivity contribution in [3.8, 4) is 0 Å². The number of aromatic nitrogens is 1. The molecular weight excluding hydrogens is 302 g/mol. The molecule has 0 unspecified atom stereocenters. The van der Waals surface area contributed by atoms with Crippen LogP contribution in [0.25, 0.3) is 0 Å². The smallest absolute Gasteiger partial charge is 0.270 e. The molecule has 24 heavy (non-hydrogen) atoms. The first-order chi connectivity index (χ1) is 11.8. The molecule has 3 rings (SSSR count). The van der Waals surface area contributed by atoms with Gasteiger partial charge in [0.25, 0.3) is 5.91 Å². The first-order valence-corrected chi connectivity index (χ1v) is 7.86. The van der Waals surface area contributed by atoms with Gasteiger partial charge in [-0.1, -0.05) is 30.3 Å². The van der Waals surface area contributed by atoms with Crippen molar-refractivity contribution in [2.24, 2.45) is 0 Å². The zero-order valence-electron chi connectivity index (χ0n) is 13.2. The fraction of sp³-hybridized carbons (Fsp3) is 0.158. The van der Waals surface area contributed by atoms with Gasteiger partial charge in [0.15, 0.2) is 0 Å². The Labute approximate surface area is 140 Å². The molecule has 1 amide bonds. The monoisotopic (exact) mass is 321 g/mol. The number of benzene rings is 1. The van der Waals surface area contributed by atoms with Crippen LogP contribution in [0, 0.1) is 0 Å². The fourth-order valence-corrected chi connectivity index (χ4v) is 2.33. The second kappa shape index (κ2) is 7.97. The number of rotatable bonds is 7. The maximum Gasteiger partial charge on any atom is 0.270 e. The summed E-state index contributed by atoms with van der Waals surface area (Å²) in [6.07, 6.45) is 4.13. The normalized spacial score (nSPS) is 10.3. The summed E-state index contributed by atoms with van der Waals surface area (Å²) in [5.41, 5.74) is 2.53. The van der Waals surface area contributed by atoms with E-state index in [1.807, 2.05) is 30.3 Å². The van der Waals surface area contributed by atoms with Crippen molar-refractivity contribution in [3.05, 3.63) is 84.1 Å². The summed E-state index contributed by atoms with van der Waals surface area (Å²) < 4.78 is 5.19. The van der Waals surface area contributed by atoms with Crippen LogP contribution >= 0.6 is 0 Å². The fourth-order valence-electron chi connectivity index (χ4n) is 2.33. The van der Waals surface area contributed by atoms with Crippen LogP contribution in [0.4, 0.5) is 5.69 Å². The van der Waals surface area contributed by atoms with E-state index < -0.39 is 0 Å². The maximum absolute atomic E-state index is 12.1. The molecule has 2 aromatic heterocycles. The molecule has 0 radical (unpaired) electrons. The van der Waals surface area contributed by atoms with E-state index in [0.29, 0.717) is 18.0 Å². The Morgan fingerprint density at radius 2 is 1.96 bits per heavy atom. The highest BCUT2D eigenvalue weighted by molar-refractivity contribution is 5.93. The summed E-state index contributed by atoms with van der Waals surface area (Å²) in [4.78, 5) is 16.3. The van der Waals surface area contributed by atoms with Crippen molar-refractivity contribution in [2.75, 3.05) is 11.9 Å². The van der Waals surface area contributed by atoms with Gasteiger partial charge in [-0.15, -0.1) is 0 Å². The summed E-state index contributed by atoms with van der Waals surface area (Å²) in [5, 5.41) is 6.11. The maximum atomic E-state index is 12.1. The molecule has 2 heterocycles. The van der Waals surface area contributed by atoms with Gasteiger partial charge in [0.2, 0.25) is 0 Å². The average molecular weight is 321 g/mol. The molecular formula is C19H19N3O2. The van der Waals surface area contributed by atoms with Crippen molar-refractivity contribution in [1.29, 1.82) is 0 Å².